The fourth-order valence-corrected chi connectivity index (χ4v) is 3.48. The molecule has 19 heavy (non-hydrogen) atoms. The Labute approximate surface area is 119 Å². The maximum Gasteiger partial charge on any atom is 0.327 e. The fourth-order valence-electron chi connectivity index (χ4n) is 1.76. The first kappa shape index (κ1) is 16.3. The number of thioether (sulfide) groups is 1. The van der Waals surface area contributed by atoms with Gasteiger partial charge in [0, 0.05) is 46.9 Å². The quantitative estimate of drug-likeness (QED) is 0.765. The second-order valence-corrected chi connectivity index (χ2v) is 7.24. The summed E-state index contributed by atoms with van der Waals surface area (Å²) in [6.45, 7) is 2.28. The van der Waals surface area contributed by atoms with Gasteiger partial charge in [-0.05, 0) is 13.3 Å². The molecule has 1 saturated heterocycles. The van der Waals surface area contributed by atoms with Crippen LogP contribution in [0.25, 0.3) is 0 Å². The Morgan fingerprint density at radius 3 is 2.84 bits per heavy atom. The average Bonchev–Trinajstić information content (AvgIpc) is 2.36. The number of carbonyl (C=O) groups is 2. The molecule has 1 aliphatic rings. The standard InChI is InChI=1S/C11H20N2O4S2/c1-8(3-6-19(2)17)12-11(16)13-4-5-18-7-9(13)10(14)15/h8-9H,3-7H2,1-2H3,(H,12,16)(H,14,15). The highest BCUT2D eigenvalue weighted by Gasteiger charge is 2.32. The van der Waals surface area contributed by atoms with Crippen molar-refractivity contribution in [3.05, 3.63) is 0 Å². The maximum absolute atomic E-state index is 12.0. The number of carboxylic acids is 1. The molecule has 0 radical (unpaired) electrons. The van der Waals surface area contributed by atoms with Crippen molar-refractivity contribution in [3.63, 3.8) is 0 Å². The number of carbonyl (C=O) groups excluding carboxylic acids is 1. The number of nitrogens with zero attached hydrogens (tertiary/aromatic N) is 1. The minimum Gasteiger partial charge on any atom is -0.480 e. The van der Waals surface area contributed by atoms with E-state index in [2.05, 4.69) is 5.32 Å². The van der Waals surface area contributed by atoms with Gasteiger partial charge in [-0.15, -0.1) is 0 Å². The summed E-state index contributed by atoms with van der Waals surface area (Å²) >= 11 is 1.54. The molecule has 3 atom stereocenters. The molecule has 1 aliphatic heterocycles. The molecule has 0 aromatic rings. The molecule has 0 aromatic carbocycles. The van der Waals surface area contributed by atoms with Crippen molar-refractivity contribution in [2.24, 2.45) is 0 Å². The third kappa shape index (κ3) is 5.40. The van der Waals surface area contributed by atoms with Gasteiger partial charge in [0.05, 0.1) is 0 Å². The zero-order chi connectivity index (χ0) is 14.4. The molecule has 0 aliphatic carbocycles. The topological polar surface area (TPSA) is 86.7 Å². The predicted octanol–water partition coefficient (Wildman–Crippen LogP) is 0.355. The molecule has 6 nitrogen and oxygen atoms in total. The summed E-state index contributed by atoms with van der Waals surface area (Å²) in [5.41, 5.74) is 0. The Morgan fingerprint density at radius 2 is 2.26 bits per heavy atom. The van der Waals surface area contributed by atoms with Crippen LogP contribution in [-0.4, -0.2) is 68.4 Å². The Kier molecular flexibility index (Phi) is 6.64. The number of aliphatic carboxylic acids is 1. The van der Waals surface area contributed by atoms with Crippen molar-refractivity contribution in [1.29, 1.82) is 0 Å². The molecule has 2 amide bonds. The summed E-state index contributed by atoms with van der Waals surface area (Å²) in [6, 6.07) is -1.21. The SMILES string of the molecule is CC(CCS(C)=O)NC(=O)N1CCSCC1C(=O)O. The van der Waals surface area contributed by atoms with Crippen LogP contribution in [0, 0.1) is 0 Å². The van der Waals surface area contributed by atoms with Crippen LogP contribution in [0.4, 0.5) is 4.79 Å². The van der Waals surface area contributed by atoms with Gasteiger partial charge >= 0.3 is 12.0 Å². The fraction of sp³-hybridized carbons (Fsp3) is 0.818. The van der Waals surface area contributed by atoms with Crippen LogP contribution in [0.1, 0.15) is 13.3 Å². The molecule has 0 bridgehead atoms. The summed E-state index contributed by atoms with van der Waals surface area (Å²) in [4.78, 5) is 24.5. The second-order valence-electron chi connectivity index (χ2n) is 4.54. The third-order valence-electron chi connectivity index (χ3n) is 2.88. The molecule has 0 spiro atoms. The van der Waals surface area contributed by atoms with Crippen LogP contribution < -0.4 is 5.32 Å². The molecule has 8 heteroatoms. The van der Waals surface area contributed by atoms with Crippen molar-refractivity contribution in [1.82, 2.24) is 10.2 Å². The van der Waals surface area contributed by atoms with Crippen LogP contribution in [0.15, 0.2) is 0 Å². The first-order valence-electron chi connectivity index (χ1n) is 6.09. The van der Waals surface area contributed by atoms with Gasteiger partial charge in [0.15, 0.2) is 0 Å². The largest absolute Gasteiger partial charge is 0.480 e. The lowest BCUT2D eigenvalue weighted by molar-refractivity contribution is -0.141. The average molecular weight is 308 g/mol. The Hall–Kier alpha value is -0.760. The second kappa shape index (κ2) is 7.74. The van der Waals surface area contributed by atoms with Crippen LogP contribution in [0.2, 0.25) is 0 Å². The summed E-state index contributed by atoms with van der Waals surface area (Å²) in [5.74, 6) is 0.741. The van der Waals surface area contributed by atoms with Gasteiger partial charge in [0.2, 0.25) is 0 Å². The van der Waals surface area contributed by atoms with Crippen LogP contribution >= 0.6 is 11.8 Å². The molecule has 0 aromatic heterocycles. The number of nitrogens with one attached hydrogen (secondary N) is 1. The van der Waals surface area contributed by atoms with Gasteiger partial charge in [-0.3, -0.25) is 4.21 Å². The van der Waals surface area contributed by atoms with E-state index in [9.17, 15) is 13.8 Å². The third-order valence-corrected chi connectivity index (χ3v) is 4.72. The summed E-state index contributed by atoms with van der Waals surface area (Å²) in [6.07, 6.45) is 2.24. The smallest absolute Gasteiger partial charge is 0.327 e. The van der Waals surface area contributed by atoms with E-state index in [1.165, 1.54) is 4.90 Å². The highest BCUT2D eigenvalue weighted by atomic mass is 32.2. The van der Waals surface area contributed by atoms with E-state index < -0.39 is 22.8 Å². The monoisotopic (exact) mass is 308 g/mol. The van der Waals surface area contributed by atoms with Crippen molar-refractivity contribution in [2.75, 3.05) is 30.1 Å². The van der Waals surface area contributed by atoms with Crippen molar-refractivity contribution in [2.45, 2.75) is 25.4 Å². The van der Waals surface area contributed by atoms with Gasteiger partial charge in [0.25, 0.3) is 0 Å². The van der Waals surface area contributed by atoms with Crippen molar-refractivity contribution >= 4 is 34.6 Å². The van der Waals surface area contributed by atoms with Crippen molar-refractivity contribution < 1.29 is 18.9 Å². The van der Waals surface area contributed by atoms with Gasteiger partial charge in [-0.1, -0.05) is 0 Å². The number of amides is 2. The van der Waals surface area contributed by atoms with E-state index in [0.717, 1.165) is 5.75 Å². The number of urea groups is 1. The highest BCUT2D eigenvalue weighted by Crippen LogP contribution is 2.17. The van der Waals surface area contributed by atoms with Gasteiger partial charge in [0.1, 0.15) is 6.04 Å². The maximum atomic E-state index is 12.0. The lowest BCUT2D eigenvalue weighted by Crippen LogP contribution is -2.55. The molecule has 3 unspecified atom stereocenters. The molecular formula is C11H20N2O4S2. The van der Waals surface area contributed by atoms with E-state index in [1.54, 1.807) is 18.0 Å². The summed E-state index contributed by atoms with van der Waals surface area (Å²) in [7, 11) is -0.882. The number of carboxylic acid groups (broad SMARTS) is 1. The first-order chi connectivity index (χ1) is 8.91. The first-order valence-corrected chi connectivity index (χ1v) is 8.97. The van der Waals surface area contributed by atoms with E-state index in [4.69, 9.17) is 5.11 Å². The van der Waals surface area contributed by atoms with E-state index in [1.807, 2.05) is 6.92 Å². The Morgan fingerprint density at radius 1 is 1.58 bits per heavy atom. The number of hydrogen-bond donors (Lipinski definition) is 2. The zero-order valence-electron chi connectivity index (χ0n) is 11.1. The summed E-state index contributed by atoms with van der Waals surface area (Å²) in [5, 5.41) is 11.9. The Bertz CT molecular complexity index is 365. The minimum absolute atomic E-state index is 0.111. The lowest BCUT2D eigenvalue weighted by Gasteiger charge is -2.33. The van der Waals surface area contributed by atoms with Crippen LogP contribution in [-0.2, 0) is 15.6 Å². The number of rotatable bonds is 5. The molecule has 1 fully saturated rings. The van der Waals surface area contributed by atoms with Gasteiger partial charge < -0.3 is 15.3 Å². The van der Waals surface area contributed by atoms with E-state index in [0.29, 0.717) is 24.5 Å². The lowest BCUT2D eigenvalue weighted by atomic mass is 10.2. The molecule has 1 rings (SSSR count). The van der Waals surface area contributed by atoms with Crippen LogP contribution in [0.3, 0.4) is 0 Å². The predicted molar refractivity (Wildman–Crippen MR) is 77.0 cm³/mol. The minimum atomic E-state index is -0.968. The van der Waals surface area contributed by atoms with Gasteiger partial charge in [-0.25, -0.2) is 9.59 Å². The molecule has 2 N–H and O–H groups in total. The molecule has 0 saturated carbocycles. The van der Waals surface area contributed by atoms with E-state index >= 15 is 0 Å². The van der Waals surface area contributed by atoms with Crippen molar-refractivity contribution in [3.8, 4) is 0 Å². The van der Waals surface area contributed by atoms with Crippen LogP contribution in [0.5, 0.6) is 0 Å². The Balaban J connectivity index is 2.50. The molecular weight excluding hydrogens is 288 g/mol. The number of hydrogen-bond acceptors (Lipinski definition) is 4. The van der Waals surface area contributed by atoms with E-state index in [-0.39, 0.29) is 12.1 Å². The van der Waals surface area contributed by atoms with Gasteiger partial charge in [-0.2, -0.15) is 11.8 Å². The molecule has 110 valence electrons. The molecule has 1 heterocycles. The highest BCUT2D eigenvalue weighted by molar-refractivity contribution is 7.99. The summed E-state index contributed by atoms with van der Waals surface area (Å²) < 4.78 is 11.0. The zero-order valence-corrected chi connectivity index (χ0v) is 12.8. The normalized spacial score (nSPS) is 22.6.